The quantitative estimate of drug-likeness (QED) is 0.847. The maximum atomic E-state index is 12.0. The van der Waals surface area contributed by atoms with Crippen molar-refractivity contribution in [2.75, 3.05) is 32.7 Å². The molecule has 1 aliphatic heterocycles. The van der Waals surface area contributed by atoms with Crippen molar-refractivity contribution in [1.82, 2.24) is 15.5 Å². The SMILES string of the molecule is CCc1ccccc1CNC(=O)CN1CCCNCC1. The van der Waals surface area contributed by atoms with E-state index in [-0.39, 0.29) is 5.91 Å². The lowest BCUT2D eigenvalue weighted by Crippen LogP contribution is -2.38. The summed E-state index contributed by atoms with van der Waals surface area (Å²) in [7, 11) is 0. The summed E-state index contributed by atoms with van der Waals surface area (Å²) in [5.41, 5.74) is 2.53. The van der Waals surface area contributed by atoms with Gasteiger partial charge >= 0.3 is 0 Å². The second kappa shape index (κ2) is 8.02. The van der Waals surface area contributed by atoms with Crippen LogP contribution in [0.2, 0.25) is 0 Å². The van der Waals surface area contributed by atoms with Gasteiger partial charge in [0.05, 0.1) is 6.54 Å². The van der Waals surface area contributed by atoms with E-state index >= 15 is 0 Å². The van der Waals surface area contributed by atoms with Crippen LogP contribution in [-0.4, -0.2) is 43.5 Å². The summed E-state index contributed by atoms with van der Waals surface area (Å²) >= 11 is 0. The Morgan fingerprint density at radius 2 is 2.05 bits per heavy atom. The minimum absolute atomic E-state index is 0.123. The Morgan fingerprint density at radius 1 is 1.25 bits per heavy atom. The van der Waals surface area contributed by atoms with Crippen molar-refractivity contribution in [2.45, 2.75) is 26.3 Å². The predicted molar refractivity (Wildman–Crippen MR) is 81.6 cm³/mol. The number of carbonyl (C=O) groups excluding carboxylic acids is 1. The fraction of sp³-hybridized carbons (Fsp3) is 0.562. The molecule has 4 nitrogen and oxygen atoms in total. The predicted octanol–water partition coefficient (Wildman–Crippen LogP) is 1.16. The highest BCUT2D eigenvalue weighted by molar-refractivity contribution is 5.78. The van der Waals surface area contributed by atoms with Gasteiger partial charge in [-0.05, 0) is 37.1 Å². The molecule has 1 aliphatic rings. The lowest BCUT2D eigenvalue weighted by atomic mass is 10.1. The van der Waals surface area contributed by atoms with E-state index < -0.39 is 0 Å². The lowest BCUT2D eigenvalue weighted by Gasteiger charge is -2.19. The van der Waals surface area contributed by atoms with Gasteiger partial charge in [-0.2, -0.15) is 0 Å². The van der Waals surface area contributed by atoms with Crippen LogP contribution in [0.25, 0.3) is 0 Å². The molecule has 0 aromatic heterocycles. The number of carbonyl (C=O) groups is 1. The minimum atomic E-state index is 0.123. The molecule has 0 atom stereocenters. The van der Waals surface area contributed by atoms with E-state index in [1.807, 2.05) is 12.1 Å². The van der Waals surface area contributed by atoms with E-state index in [0.717, 1.165) is 39.0 Å². The van der Waals surface area contributed by atoms with Gasteiger partial charge in [0.15, 0.2) is 0 Å². The Labute approximate surface area is 121 Å². The molecule has 0 saturated carbocycles. The molecule has 4 heteroatoms. The lowest BCUT2D eigenvalue weighted by molar-refractivity contribution is -0.122. The minimum Gasteiger partial charge on any atom is -0.351 e. The molecule has 1 fully saturated rings. The van der Waals surface area contributed by atoms with Crippen molar-refractivity contribution in [3.8, 4) is 0 Å². The maximum Gasteiger partial charge on any atom is 0.234 e. The summed E-state index contributed by atoms with van der Waals surface area (Å²) in [5, 5.41) is 6.39. The second-order valence-electron chi connectivity index (χ2n) is 5.28. The number of aryl methyl sites for hydroxylation is 1. The fourth-order valence-corrected chi connectivity index (χ4v) is 2.59. The first-order valence-electron chi connectivity index (χ1n) is 7.56. The van der Waals surface area contributed by atoms with Crippen LogP contribution in [0.1, 0.15) is 24.5 Å². The molecule has 1 amide bonds. The summed E-state index contributed by atoms with van der Waals surface area (Å²) in [6.45, 7) is 7.29. The molecule has 0 aliphatic carbocycles. The van der Waals surface area contributed by atoms with Crippen molar-refractivity contribution >= 4 is 5.91 Å². The standard InChI is InChI=1S/C16H25N3O/c1-2-14-6-3-4-7-15(14)12-18-16(20)13-19-10-5-8-17-9-11-19/h3-4,6-7,17H,2,5,8-13H2,1H3,(H,18,20). The van der Waals surface area contributed by atoms with Gasteiger partial charge in [-0.3, -0.25) is 9.69 Å². The van der Waals surface area contributed by atoms with E-state index in [2.05, 4.69) is 34.6 Å². The van der Waals surface area contributed by atoms with Gasteiger partial charge in [0.1, 0.15) is 0 Å². The molecule has 2 N–H and O–H groups in total. The van der Waals surface area contributed by atoms with Crippen molar-refractivity contribution in [1.29, 1.82) is 0 Å². The molecule has 1 aromatic rings. The van der Waals surface area contributed by atoms with Crippen molar-refractivity contribution in [3.63, 3.8) is 0 Å². The first-order valence-corrected chi connectivity index (χ1v) is 7.56. The Morgan fingerprint density at radius 3 is 2.85 bits per heavy atom. The van der Waals surface area contributed by atoms with Gasteiger partial charge in [-0.25, -0.2) is 0 Å². The first kappa shape index (κ1) is 15.0. The number of nitrogens with one attached hydrogen (secondary N) is 2. The van der Waals surface area contributed by atoms with Crippen LogP contribution in [0.5, 0.6) is 0 Å². The summed E-state index contributed by atoms with van der Waals surface area (Å²) < 4.78 is 0. The average molecular weight is 275 g/mol. The van der Waals surface area contributed by atoms with E-state index in [1.54, 1.807) is 0 Å². The second-order valence-corrected chi connectivity index (χ2v) is 5.28. The number of benzene rings is 1. The van der Waals surface area contributed by atoms with Crippen LogP contribution in [-0.2, 0) is 17.8 Å². The third-order valence-corrected chi connectivity index (χ3v) is 3.78. The van der Waals surface area contributed by atoms with Gasteiger partial charge in [-0.1, -0.05) is 31.2 Å². The highest BCUT2D eigenvalue weighted by atomic mass is 16.2. The molecule has 1 saturated heterocycles. The number of amides is 1. The van der Waals surface area contributed by atoms with Crippen LogP contribution in [0.3, 0.4) is 0 Å². The molecule has 0 spiro atoms. The van der Waals surface area contributed by atoms with Crippen LogP contribution in [0, 0.1) is 0 Å². The Balaban J connectivity index is 1.79. The molecule has 20 heavy (non-hydrogen) atoms. The maximum absolute atomic E-state index is 12.0. The van der Waals surface area contributed by atoms with Gasteiger partial charge in [0.25, 0.3) is 0 Å². The highest BCUT2D eigenvalue weighted by Crippen LogP contribution is 2.08. The van der Waals surface area contributed by atoms with Gasteiger partial charge in [-0.15, -0.1) is 0 Å². The molecule has 1 heterocycles. The highest BCUT2D eigenvalue weighted by Gasteiger charge is 2.12. The summed E-state index contributed by atoms with van der Waals surface area (Å²) in [6.07, 6.45) is 2.12. The fourth-order valence-electron chi connectivity index (χ4n) is 2.59. The summed E-state index contributed by atoms with van der Waals surface area (Å²) in [6, 6.07) is 8.30. The first-order chi connectivity index (χ1) is 9.79. The summed E-state index contributed by atoms with van der Waals surface area (Å²) in [4.78, 5) is 14.2. The van der Waals surface area contributed by atoms with Crippen LogP contribution < -0.4 is 10.6 Å². The zero-order chi connectivity index (χ0) is 14.2. The number of rotatable bonds is 5. The number of hydrogen-bond acceptors (Lipinski definition) is 3. The Hall–Kier alpha value is -1.39. The van der Waals surface area contributed by atoms with Crippen LogP contribution in [0.15, 0.2) is 24.3 Å². The zero-order valence-electron chi connectivity index (χ0n) is 12.3. The molecule has 2 rings (SSSR count). The topological polar surface area (TPSA) is 44.4 Å². The molecule has 0 radical (unpaired) electrons. The Bertz CT molecular complexity index is 425. The van der Waals surface area contributed by atoms with Crippen LogP contribution >= 0.6 is 0 Å². The molecule has 0 bridgehead atoms. The van der Waals surface area contributed by atoms with E-state index in [4.69, 9.17) is 0 Å². The largest absolute Gasteiger partial charge is 0.351 e. The van der Waals surface area contributed by atoms with Crippen molar-refractivity contribution in [2.24, 2.45) is 0 Å². The van der Waals surface area contributed by atoms with Crippen LogP contribution in [0.4, 0.5) is 0 Å². The van der Waals surface area contributed by atoms with Crippen molar-refractivity contribution in [3.05, 3.63) is 35.4 Å². The van der Waals surface area contributed by atoms with Gasteiger partial charge in [0, 0.05) is 19.6 Å². The molecule has 110 valence electrons. The van der Waals surface area contributed by atoms with E-state index in [9.17, 15) is 4.79 Å². The monoisotopic (exact) mass is 275 g/mol. The summed E-state index contributed by atoms with van der Waals surface area (Å²) in [5.74, 6) is 0.123. The zero-order valence-corrected chi connectivity index (χ0v) is 12.3. The van der Waals surface area contributed by atoms with Gasteiger partial charge in [0.2, 0.25) is 5.91 Å². The molecule has 1 aromatic carbocycles. The molecular formula is C16H25N3O. The average Bonchev–Trinajstić information content (AvgIpc) is 2.74. The number of nitrogens with zero attached hydrogens (tertiary/aromatic N) is 1. The normalized spacial score (nSPS) is 16.6. The third-order valence-electron chi connectivity index (χ3n) is 3.78. The Kier molecular flexibility index (Phi) is 6.02. The molecule has 0 unspecified atom stereocenters. The van der Waals surface area contributed by atoms with E-state index in [0.29, 0.717) is 13.1 Å². The van der Waals surface area contributed by atoms with Crippen molar-refractivity contribution < 1.29 is 4.79 Å². The molecular weight excluding hydrogens is 250 g/mol. The number of hydrogen-bond donors (Lipinski definition) is 2. The van der Waals surface area contributed by atoms with Gasteiger partial charge < -0.3 is 10.6 Å². The smallest absolute Gasteiger partial charge is 0.234 e. The van der Waals surface area contributed by atoms with E-state index in [1.165, 1.54) is 11.1 Å². The third kappa shape index (κ3) is 4.62.